The van der Waals surface area contributed by atoms with E-state index in [2.05, 4.69) is 381 Å². The Balaban J connectivity index is 1.64. The van der Waals surface area contributed by atoms with Gasteiger partial charge in [0.05, 0.1) is 296 Å². The predicted octanol–water partition coefficient (Wildman–Crippen LogP) is 12.3. The normalized spacial score (nSPS) is 13.8. The SMILES string of the molecule is C[N+](C)(C)CCOc1cc2c(OCC[N+](C)(C)C)cc1Cc1cc(OCC[N+](C)(C)C)c(cc1OCC[N+](C)(C)C)Cc1cc(OCC[N+](C)(C)C)c(cc1OCC[N+](C)(C)C)Cc1cc(OCC[N+](C)(C)C)c(cc1OCC[N+](C)(C)C)Cc1cc(OCC[N+](C)(C)C)c(cc1OCC[N+](C)(C)C)Cc1cc(OCC[N+](C)(C)C)c(cc1OCC[N+](C)(C)C)Cc1cc(OCC[N+](C)(C)C)c(cc1OCC[N+](C)(C)C)C2. The number of benzene rings is 7. The predicted molar refractivity (Wildman–Crippen MR) is 602 cm³/mol. The Bertz CT molecular complexity index is 4090. The van der Waals surface area contributed by atoms with Gasteiger partial charge < -0.3 is 129 Å². The Morgan fingerprint density at radius 2 is 0.163 bits per heavy atom. The number of nitrogens with zero attached hydrogens (tertiary/aromatic N) is 14. The Morgan fingerprint density at radius 3 is 0.211 bits per heavy atom. The maximum Gasteiger partial charge on any atom is 0.137 e. The molecule has 0 N–H and O–H groups in total. The second-order valence-corrected chi connectivity index (χ2v) is 55.8. The van der Waals surface area contributed by atoms with Crippen molar-refractivity contribution in [1.82, 2.24) is 0 Å². The van der Waals surface area contributed by atoms with Crippen molar-refractivity contribution in [2.24, 2.45) is 0 Å². The van der Waals surface area contributed by atoms with Gasteiger partial charge in [-0.25, -0.2) is 0 Å². The van der Waals surface area contributed by atoms with Gasteiger partial charge in [-0.2, -0.15) is 0 Å². The van der Waals surface area contributed by atoms with E-state index in [4.69, 9.17) is 66.3 Å². The summed E-state index contributed by atoms with van der Waals surface area (Å²) in [7, 11) is 93.2. The Labute approximate surface area is 892 Å². The van der Waals surface area contributed by atoms with Crippen molar-refractivity contribution in [2.75, 3.05) is 480 Å². The molecule has 0 spiro atoms. The van der Waals surface area contributed by atoms with Crippen molar-refractivity contribution in [3.63, 3.8) is 0 Å². The zero-order valence-corrected chi connectivity index (χ0v) is 101. The van der Waals surface area contributed by atoms with Crippen LogP contribution in [0.15, 0.2) is 84.9 Å². The third-order valence-electron chi connectivity index (χ3n) is 25.6. The molecule has 0 heterocycles. The van der Waals surface area contributed by atoms with Crippen LogP contribution >= 0.6 is 0 Å². The molecule has 7 aromatic carbocycles. The summed E-state index contributed by atoms with van der Waals surface area (Å²) < 4.78 is 113. The van der Waals surface area contributed by atoms with Crippen molar-refractivity contribution in [3.05, 3.63) is 163 Å². The van der Waals surface area contributed by atoms with Gasteiger partial charge >= 0.3 is 0 Å². The van der Waals surface area contributed by atoms with E-state index < -0.39 is 0 Å². The molecular formula is C119H210N14O14+14. The minimum Gasteiger partial charge on any atom is -0.487 e. The zero-order chi connectivity index (χ0) is 110. The third-order valence-corrected chi connectivity index (χ3v) is 25.6. The summed E-state index contributed by atoms with van der Waals surface area (Å²) >= 11 is 0. The molecule has 0 radical (unpaired) electrons. The van der Waals surface area contributed by atoms with Crippen LogP contribution < -0.4 is 66.3 Å². The zero-order valence-electron chi connectivity index (χ0n) is 101. The number of hydrogen-bond donors (Lipinski definition) is 0. The van der Waals surface area contributed by atoms with Crippen molar-refractivity contribution < 1.29 is 129 Å². The molecule has 7 aromatic rings. The minimum absolute atomic E-state index is 0.412. The topological polar surface area (TPSA) is 129 Å². The van der Waals surface area contributed by atoms with Gasteiger partial charge in [0, 0.05) is 123 Å². The van der Waals surface area contributed by atoms with Crippen LogP contribution in [0, 0.1) is 0 Å². The van der Waals surface area contributed by atoms with Gasteiger partial charge in [0.15, 0.2) is 0 Å². The van der Waals surface area contributed by atoms with E-state index in [-0.39, 0.29) is 0 Å². The number of likely N-dealkylation sites (N-methyl/N-ethyl adjacent to an activating group) is 14. The first-order valence-electron chi connectivity index (χ1n) is 53.6. The van der Waals surface area contributed by atoms with Crippen LogP contribution in [0.1, 0.15) is 77.9 Å². The molecule has 147 heavy (non-hydrogen) atoms. The molecule has 14 aliphatic rings. The lowest BCUT2D eigenvalue weighted by molar-refractivity contribution is -0.870. The Morgan fingerprint density at radius 1 is 0.109 bits per heavy atom. The third kappa shape index (κ3) is 47.7. The van der Waals surface area contributed by atoms with E-state index in [1.165, 1.54) is 0 Å². The number of rotatable bonds is 56. The van der Waals surface area contributed by atoms with Crippen LogP contribution in [0.5, 0.6) is 80.5 Å². The smallest absolute Gasteiger partial charge is 0.137 e. The molecule has 28 heteroatoms. The summed E-state index contributed by atoms with van der Waals surface area (Å²) in [4.78, 5) is 0. The average molecular weight is 2060 g/mol. The van der Waals surface area contributed by atoms with Gasteiger partial charge in [-0.3, -0.25) is 0 Å². The van der Waals surface area contributed by atoms with Gasteiger partial charge in [-0.1, -0.05) is 0 Å². The monoisotopic (exact) mass is 2060 g/mol. The molecule has 14 aliphatic carbocycles. The van der Waals surface area contributed by atoms with E-state index >= 15 is 0 Å². The van der Waals surface area contributed by atoms with E-state index in [9.17, 15) is 0 Å². The molecule has 0 fully saturated rings. The largest absolute Gasteiger partial charge is 0.487 e. The Kier molecular flexibility index (Phi) is 43.3. The van der Waals surface area contributed by atoms with E-state index in [0.717, 1.165) is 250 Å². The number of ether oxygens (including phenoxy) is 14. The summed E-state index contributed by atoms with van der Waals surface area (Å²) in [6.07, 6.45) is 2.88. The van der Waals surface area contributed by atoms with Gasteiger partial charge in [0.2, 0.25) is 0 Å². The molecule has 28 nitrogen and oxygen atoms in total. The fraction of sp³-hybridized carbons (Fsp3) is 0.647. The van der Waals surface area contributed by atoms with E-state index in [0.29, 0.717) is 200 Å². The first-order chi connectivity index (χ1) is 67.5. The van der Waals surface area contributed by atoms with Gasteiger partial charge in [-0.15, -0.1) is 0 Å². The quantitative estimate of drug-likeness (QED) is 0.0335. The molecule has 21 rings (SSSR count). The van der Waals surface area contributed by atoms with Crippen LogP contribution in [-0.2, 0) is 44.9 Å². The fourth-order valence-electron chi connectivity index (χ4n) is 15.8. The molecular weight excluding hydrogens is 1850 g/mol. The summed E-state index contributed by atoms with van der Waals surface area (Å²) in [5.41, 5.74) is 13.3. The number of quaternary nitrogens is 14. The van der Waals surface area contributed by atoms with Crippen LogP contribution in [0.4, 0.5) is 0 Å². The van der Waals surface area contributed by atoms with Crippen LogP contribution in [0.25, 0.3) is 0 Å². The lowest BCUT2D eigenvalue weighted by Crippen LogP contribution is -2.38. The Hall–Kier alpha value is -8.82. The summed E-state index contributed by atoms with van der Waals surface area (Å²) in [5.74, 6) is 10.6. The molecule has 0 unspecified atom stereocenters. The lowest BCUT2D eigenvalue weighted by atomic mass is 9.93. The highest BCUT2D eigenvalue weighted by Gasteiger charge is 2.32. The summed E-state index contributed by atoms with van der Waals surface area (Å²) in [5, 5.41) is 0. The lowest BCUT2D eigenvalue weighted by Gasteiger charge is -2.27. The van der Waals surface area contributed by atoms with Gasteiger partial charge in [0.1, 0.15) is 265 Å². The molecule has 0 saturated heterocycles. The van der Waals surface area contributed by atoms with E-state index in [1.54, 1.807) is 0 Å². The highest BCUT2D eigenvalue weighted by molar-refractivity contribution is 5.61. The maximum atomic E-state index is 7.37. The van der Waals surface area contributed by atoms with Crippen LogP contribution in [0.3, 0.4) is 0 Å². The molecule has 826 valence electrons. The molecule has 0 amide bonds. The van der Waals surface area contributed by atoms with Crippen molar-refractivity contribution in [1.29, 1.82) is 0 Å². The first kappa shape index (κ1) is 123. The molecule has 0 atom stereocenters. The molecule has 14 bridgehead atoms. The minimum atomic E-state index is 0.412. The number of hydrogen-bond acceptors (Lipinski definition) is 14. The van der Waals surface area contributed by atoms with Gasteiger partial charge in [0.25, 0.3) is 0 Å². The second kappa shape index (κ2) is 51.5. The van der Waals surface area contributed by atoms with Gasteiger partial charge in [-0.05, 0) is 84.9 Å². The van der Waals surface area contributed by atoms with Crippen molar-refractivity contribution in [3.8, 4) is 80.5 Å². The van der Waals surface area contributed by atoms with Crippen molar-refractivity contribution in [2.45, 2.75) is 44.9 Å². The molecule has 0 aromatic heterocycles. The van der Waals surface area contributed by atoms with Crippen LogP contribution in [0.2, 0.25) is 0 Å². The highest BCUT2D eigenvalue weighted by atomic mass is 16.5. The summed E-state index contributed by atoms with van der Waals surface area (Å²) in [6, 6.07) is 31.5. The van der Waals surface area contributed by atoms with Crippen LogP contribution in [-0.4, -0.2) is 543 Å². The molecule has 0 aliphatic heterocycles. The van der Waals surface area contributed by atoms with Crippen molar-refractivity contribution >= 4 is 0 Å². The second-order valence-electron chi connectivity index (χ2n) is 55.8. The standard InChI is InChI=1S/C119H210N14O14/c1-120(2,3)43-57-134-106-78-93-72-95-81-111(139-62-48-125(16,17)18)97(83-110(95)138-61-47-124(13,14)15)74-99-85-115(143-66-52-129(28,29)30)101(87-114(99)142-65-51-128(25,26)27)76-103-89-119(147-70-56-133(40,41)42)105(91-118(103)146-69-55-132(37,38)39)77-104-90-116(144-67-53-130(31,32)33)102(88-117(104)145-68-54-131(34,35)36)75-100-86-112(140-63-49-126(19,20)21)98(84-113(100)141-64-50-127(22,23)24)73-96-82-108(136-59-45-122(7,8)9)94(80-109(96)137-60-46-123(10,11)12)71-92(106)79-107(93)135-58-44-121(4,5)6/h78-91H,43-77H2,1-42H3/q+14. The maximum absolute atomic E-state index is 7.37. The summed E-state index contributed by atoms with van der Waals surface area (Å²) in [6.45, 7) is 16.7. The van der Waals surface area contributed by atoms with E-state index in [1.807, 2.05) is 0 Å². The fourth-order valence-corrected chi connectivity index (χ4v) is 15.8. The average Bonchev–Trinajstić information content (AvgIpc) is 0.910. The first-order valence-corrected chi connectivity index (χ1v) is 53.6. The highest BCUT2D eigenvalue weighted by Crippen LogP contribution is 2.46. The molecule has 0 saturated carbocycles.